The van der Waals surface area contributed by atoms with E-state index < -0.39 is 0 Å². The summed E-state index contributed by atoms with van der Waals surface area (Å²) in [5, 5.41) is 19.2. The van der Waals surface area contributed by atoms with Gasteiger partial charge < -0.3 is 15.1 Å². The average Bonchev–Trinajstić information content (AvgIpc) is 2.39. The van der Waals surface area contributed by atoms with E-state index in [1.165, 1.54) is 32.0 Å². The van der Waals surface area contributed by atoms with Crippen LogP contribution in [0.2, 0.25) is 0 Å². The molecule has 20 heavy (non-hydrogen) atoms. The fourth-order valence-electron chi connectivity index (χ4n) is 2.92. The molecule has 0 aromatic heterocycles. The SMILES string of the molecule is CC(c1cc(O)cc(O)c1)N(C)CC1CCN(C)CC1. The van der Waals surface area contributed by atoms with Crippen LogP contribution in [0.5, 0.6) is 11.5 Å². The zero-order valence-corrected chi connectivity index (χ0v) is 12.7. The lowest BCUT2D eigenvalue weighted by atomic mass is 9.95. The molecule has 1 heterocycles. The smallest absolute Gasteiger partial charge is 0.119 e. The summed E-state index contributed by atoms with van der Waals surface area (Å²) >= 11 is 0. The monoisotopic (exact) mass is 278 g/mol. The van der Waals surface area contributed by atoms with Crippen molar-refractivity contribution >= 4 is 0 Å². The molecule has 0 amide bonds. The summed E-state index contributed by atoms with van der Waals surface area (Å²) in [4.78, 5) is 4.69. The molecular weight excluding hydrogens is 252 g/mol. The van der Waals surface area contributed by atoms with Gasteiger partial charge in [0.2, 0.25) is 0 Å². The van der Waals surface area contributed by atoms with Gasteiger partial charge in [-0.25, -0.2) is 0 Å². The molecule has 1 unspecified atom stereocenters. The molecule has 0 saturated carbocycles. The number of likely N-dealkylation sites (tertiary alicyclic amines) is 1. The predicted molar refractivity (Wildman–Crippen MR) is 81.0 cm³/mol. The second-order valence-corrected chi connectivity index (χ2v) is 6.14. The van der Waals surface area contributed by atoms with E-state index in [0.717, 1.165) is 18.0 Å². The van der Waals surface area contributed by atoms with E-state index in [2.05, 4.69) is 30.8 Å². The maximum Gasteiger partial charge on any atom is 0.119 e. The van der Waals surface area contributed by atoms with Gasteiger partial charge in [-0.15, -0.1) is 0 Å². The first-order valence-corrected chi connectivity index (χ1v) is 7.37. The molecule has 1 aromatic rings. The van der Waals surface area contributed by atoms with Gasteiger partial charge in [-0.05, 0) is 70.6 Å². The second-order valence-electron chi connectivity index (χ2n) is 6.14. The molecule has 1 aliphatic heterocycles. The van der Waals surface area contributed by atoms with Crippen LogP contribution in [-0.2, 0) is 0 Å². The Morgan fingerprint density at radius 1 is 1.20 bits per heavy atom. The van der Waals surface area contributed by atoms with Crippen LogP contribution >= 0.6 is 0 Å². The van der Waals surface area contributed by atoms with Crippen molar-refractivity contribution in [2.45, 2.75) is 25.8 Å². The van der Waals surface area contributed by atoms with E-state index in [9.17, 15) is 10.2 Å². The average molecular weight is 278 g/mol. The van der Waals surface area contributed by atoms with Crippen LogP contribution in [0.4, 0.5) is 0 Å². The highest BCUT2D eigenvalue weighted by Crippen LogP contribution is 2.28. The molecular formula is C16H26N2O2. The van der Waals surface area contributed by atoms with Gasteiger partial charge in [0.25, 0.3) is 0 Å². The lowest BCUT2D eigenvalue weighted by molar-refractivity contribution is 0.155. The lowest BCUT2D eigenvalue weighted by Crippen LogP contribution is -2.36. The highest BCUT2D eigenvalue weighted by Gasteiger charge is 2.21. The third-order valence-corrected chi connectivity index (χ3v) is 4.45. The van der Waals surface area contributed by atoms with Crippen LogP contribution in [0.25, 0.3) is 0 Å². The van der Waals surface area contributed by atoms with Crippen LogP contribution in [0.15, 0.2) is 18.2 Å². The first-order chi connectivity index (χ1) is 9.45. The van der Waals surface area contributed by atoms with E-state index in [1.54, 1.807) is 12.1 Å². The Labute approximate surface area is 121 Å². The predicted octanol–water partition coefficient (Wildman–Crippen LogP) is 2.43. The van der Waals surface area contributed by atoms with E-state index >= 15 is 0 Å². The summed E-state index contributed by atoms with van der Waals surface area (Å²) in [5.41, 5.74) is 0.956. The Morgan fingerprint density at radius 3 is 2.30 bits per heavy atom. The molecule has 4 heteroatoms. The highest BCUT2D eigenvalue weighted by atomic mass is 16.3. The van der Waals surface area contributed by atoms with Gasteiger partial charge >= 0.3 is 0 Å². The van der Waals surface area contributed by atoms with E-state index in [4.69, 9.17) is 0 Å². The number of benzene rings is 1. The summed E-state index contributed by atoms with van der Waals surface area (Å²) in [5.74, 6) is 0.989. The molecule has 4 nitrogen and oxygen atoms in total. The van der Waals surface area contributed by atoms with Crippen molar-refractivity contribution in [3.63, 3.8) is 0 Å². The van der Waals surface area contributed by atoms with Gasteiger partial charge in [-0.2, -0.15) is 0 Å². The fourth-order valence-corrected chi connectivity index (χ4v) is 2.92. The number of hydrogen-bond acceptors (Lipinski definition) is 4. The summed E-state index contributed by atoms with van der Waals surface area (Å²) in [6.45, 7) is 5.54. The molecule has 1 aromatic carbocycles. The van der Waals surface area contributed by atoms with Crippen LogP contribution in [-0.4, -0.2) is 53.7 Å². The quantitative estimate of drug-likeness (QED) is 0.888. The summed E-state index contributed by atoms with van der Waals surface area (Å²) < 4.78 is 0. The fraction of sp³-hybridized carbons (Fsp3) is 0.625. The summed E-state index contributed by atoms with van der Waals surface area (Å²) in [6, 6.07) is 5.02. The third kappa shape index (κ3) is 3.87. The van der Waals surface area contributed by atoms with E-state index in [1.807, 2.05) is 0 Å². The first-order valence-electron chi connectivity index (χ1n) is 7.37. The second kappa shape index (κ2) is 6.46. The number of aromatic hydroxyl groups is 2. The highest BCUT2D eigenvalue weighted by molar-refractivity contribution is 5.37. The number of piperidine rings is 1. The van der Waals surface area contributed by atoms with Crippen LogP contribution in [0.1, 0.15) is 31.4 Å². The molecule has 0 radical (unpaired) electrons. The van der Waals surface area contributed by atoms with Gasteiger partial charge in [0.15, 0.2) is 0 Å². The van der Waals surface area contributed by atoms with E-state index in [0.29, 0.717) is 0 Å². The molecule has 1 saturated heterocycles. The van der Waals surface area contributed by atoms with Gasteiger partial charge in [0, 0.05) is 18.7 Å². The third-order valence-electron chi connectivity index (χ3n) is 4.45. The Balaban J connectivity index is 1.95. The van der Waals surface area contributed by atoms with Crippen molar-refractivity contribution in [1.29, 1.82) is 0 Å². The minimum Gasteiger partial charge on any atom is -0.508 e. The molecule has 112 valence electrons. The summed E-state index contributed by atoms with van der Waals surface area (Å²) in [7, 11) is 4.29. The van der Waals surface area contributed by atoms with Gasteiger partial charge in [-0.1, -0.05) is 0 Å². The molecule has 1 atom stereocenters. The number of phenols is 2. The Kier molecular flexibility index (Phi) is 4.89. The zero-order valence-electron chi connectivity index (χ0n) is 12.7. The number of phenolic OH excluding ortho intramolecular Hbond substituents is 2. The van der Waals surface area contributed by atoms with Crippen LogP contribution < -0.4 is 0 Å². The lowest BCUT2D eigenvalue weighted by Gasteiger charge is -2.34. The Hall–Kier alpha value is -1.26. The number of nitrogens with zero attached hydrogens (tertiary/aromatic N) is 2. The standard InChI is InChI=1S/C16H26N2O2/c1-12(14-8-15(19)10-16(20)9-14)18(3)11-13-4-6-17(2)7-5-13/h8-10,12-13,19-20H,4-7,11H2,1-3H3. The summed E-state index contributed by atoms with van der Waals surface area (Å²) in [6.07, 6.45) is 2.50. The maximum atomic E-state index is 9.59. The van der Waals surface area contributed by atoms with Crippen molar-refractivity contribution in [3.05, 3.63) is 23.8 Å². The van der Waals surface area contributed by atoms with Gasteiger partial charge in [0.05, 0.1) is 0 Å². The number of rotatable bonds is 4. The Morgan fingerprint density at radius 2 is 1.75 bits per heavy atom. The van der Waals surface area contributed by atoms with Crippen molar-refractivity contribution in [3.8, 4) is 11.5 Å². The van der Waals surface area contributed by atoms with Crippen molar-refractivity contribution in [2.24, 2.45) is 5.92 Å². The normalized spacial score (nSPS) is 19.4. The van der Waals surface area contributed by atoms with Gasteiger partial charge in [-0.3, -0.25) is 4.90 Å². The molecule has 1 aliphatic rings. The Bertz CT molecular complexity index is 422. The minimum atomic E-state index is 0.125. The van der Waals surface area contributed by atoms with Crippen molar-refractivity contribution < 1.29 is 10.2 Å². The molecule has 0 spiro atoms. The maximum absolute atomic E-state index is 9.59. The van der Waals surface area contributed by atoms with Crippen molar-refractivity contribution in [1.82, 2.24) is 9.80 Å². The molecule has 1 fully saturated rings. The molecule has 0 bridgehead atoms. The van der Waals surface area contributed by atoms with E-state index in [-0.39, 0.29) is 17.5 Å². The zero-order chi connectivity index (χ0) is 14.7. The largest absolute Gasteiger partial charge is 0.508 e. The topological polar surface area (TPSA) is 46.9 Å². The van der Waals surface area contributed by atoms with Crippen molar-refractivity contribution in [2.75, 3.05) is 33.7 Å². The molecule has 2 rings (SSSR count). The minimum absolute atomic E-state index is 0.125. The van der Waals surface area contributed by atoms with Crippen LogP contribution in [0, 0.1) is 5.92 Å². The molecule has 2 N–H and O–H groups in total. The number of hydrogen-bond donors (Lipinski definition) is 2. The molecule has 0 aliphatic carbocycles. The van der Waals surface area contributed by atoms with Crippen LogP contribution in [0.3, 0.4) is 0 Å². The van der Waals surface area contributed by atoms with Gasteiger partial charge in [0.1, 0.15) is 11.5 Å². The first kappa shape index (κ1) is 15.1.